The van der Waals surface area contributed by atoms with Crippen molar-refractivity contribution in [1.82, 2.24) is 15.2 Å². The standard InChI is InChI=1S/C25H22Cl2N4O3/c1-2-31-21-6-4-3-5-17(21)19-12-16(8-10-22(19)31)30-24(33)14-28-23(32)13-29-25(34)18-9-7-15(26)11-20(18)27/h3-12H,2,13-14H2,1H3,(H,28,32)(H,29,34)(H,30,33). The molecule has 0 atom stereocenters. The van der Waals surface area contributed by atoms with Gasteiger partial charge in [-0.05, 0) is 49.4 Å². The minimum Gasteiger partial charge on any atom is -0.345 e. The Morgan fingerprint density at radius 1 is 0.824 bits per heavy atom. The third-order valence-corrected chi connectivity index (χ3v) is 5.95. The van der Waals surface area contributed by atoms with Crippen molar-refractivity contribution in [3.8, 4) is 0 Å². The smallest absolute Gasteiger partial charge is 0.253 e. The summed E-state index contributed by atoms with van der Waals surface area (Å²) in [4.78, 5) is 36.6. The lowest BCUT2D eigenvalue weighted by molar-refractivity contribution is -0.123. The molecule has 3 N–H and O–H groups in total. The van der Waals surface area contributed by atoms with Crippen LogP contribution in [0.15, 0.2) is 60.7 Å². The molecule has 3 aromatic carbocycles. The molecule has 174 valence electrons. The first kappa shape index (κ1) is 23.6. The number of carbonyl (C=O) groups excluding carboxylic acids is 3. The second kappa shape index (κ2) is 10.2. The van der Waals surface area contributed by atoms with Gasteiger partial charge in [0.1, 0.15) is 0 Å². The van der Waals surface area contributed by atoms with Gasteiger partial charge in [0.15, 0.2) is 0 Å². The van der Waals surface area contributed by atoms with Crippen LogP contribution in [0.4, 0.5) is 5.69 Å². The molecular formula is C25H22Cl2N4O3. The summed E-state index contributed by atoms with van der Waals surface area (Å²) in [5.41, 5.74) is 3.07. The Bertz CT molecular complexity index is 1410. The number of benzene rings is 3. The summed E-state index contributed by atoms with van der Waals surface area (Å²) < 4.78 is 2.22. The Morgan fingerprint density at radius 3 is 2.32 bits per heavy atom. The molecule has 0 bridgehead atoms. The van der Waals surface area contributed by atoms with Crippen molar-refractivity contribution in [1.29, 1.82) is 0 Å². The van der Waals surface area contributed by atoms with Gasteiger partial charge in [-0.3, -0.25) is 14.4 Å². The average molecular weight is 497 g/mol. The van der Waals surface area contributed by atoms with Crippen molar-refractivity contribution >= 4 is 68.4 Å². The Kier molecular flexibility index (Phi) is 7.05. The van der Waals surface area contributed by atoms with Crippen LogP contribution in [0.25, 0.3) is 21.8 Å². The van der Waals surface area contributed by atoms with Crippen molar-refractivity contribution in [2.24, 2.45) is 0 Å². The lowest BCUT2D eigenvalue weighted by atomic mass is 10.1. The molecule has 0 aliphatic heterocycles. The maximum Gasteiger partial charge on any atom is 0.253 e. The molecule has 4 aromatic rings. The van der Waals surface area contributed by atoms with Crippen LogP contribution < -0.4 is 16.0 Å². The number of rotatable bonds is 7. The molecule has 0 aliphatic carbocycles. The van der Waals surface area contributed by atoms with Gasteiger partial charge in [0.25, 0.3) is 5.91 Å². The molecule has 0 unspecified atom stereocenters. The minimum absolute atomic E-state index is 0.184. The van der Waals surface area contributed by atoms with E-state index >= 15 is 0 Å². The number of anilines is 1. The minimum atomic E-state index is -0.513. The molecule has 1 aromatic heterocycles. The maximum absolute atomic E-state index is 12.4. The van der Waals surface area contributed by atoms with Crippen LogP contribution in [0, 0.1) is 0 Å². The van der Waals surface area contributed by atoms with E-state index in [1.54, 1.807) is 0 Å². The lowest BCUT2D eigenvalue weighted by Crippen LogP contribution is -2.40. The molecule has 0 fully saturated rings. The SMILES string of the molecule is CCn1c2ccccc2c2cc(NC(=O)CNC(=O)CNC(=O)c3ccc(Cl)cc3Cl)ccc21. The van der Waals surface area contributed by atoms with Gasteiger partial charge in [-0.15, -0.1) is 0 Å². The number of nitrogens with one attached hydrogen (secondary N) is 3. The van der Waals surface area contributed by atoms with Crippen molar-refractivity contribution in [3.05, 3.63) is 76.3 Å². The van der Waals surface area contributed by atoms with Gasteiger partial charge < -0.3 is 20.5 Å². The molecule has 1 heterocycles. The number of aromatic nitrogens is 1. The molecule has 0 saturated carbocycles. The van der Waals surface area contributed by atoms with Crippen molar-refractivity contribution in [3.63, 3.8) is 0 Å². The number of para-hydroxylation sites is 1. The lowest BCUT2D eigenvalue weighted by Gasteiger charge is -2.09. The molecule has 0 radical (unpaired) electrons. The fraction of sp³-hybridized carbons (Fsp3) is 0.160. The maximum atomic E-state index is 12.4. The highest BCUT2D eigenvalue weighted by atomic mass is 35.5. The van der Waals surface area contributed by atoms with Gasteiger partial charge in [-0.2, -0.15) is 0 Å². The highest BCUT2D eigenvalue weighted by molar-refractivity contribution is 6.36. The number of halogens is 2. The second-order valence-corrected chi connectivity index (χ2v) is 8.47. The fourth-order valence-corrected chi connectivity index (χ4v) is 4.34. The summed E-state index contributed by atoms with van der Waals surface area (Å²) in [6.07, 6.45) is 0. The summed E-state index contributed by atoms with van der Waals surface area (Å²) in [5.74, 6) is -1.39. The zero-order valence-electron chi connectivity index (χ0n) is 18.3. The molecule has 9 heteroatoms. The van der Waals surface area contributed by atoms with E-state index in [4.69, 9.17) is 23.2 Å². The normalized spacial score (nSPS) is 10.9. The number of nitrogens with zero attached hydrogens (tertiary/aromatic N) is 1. The zero-order chi connectivity index (χ0) is 24.2. The van der Waals surface area contributed by atoms with Gasteiger partial charge in [0, 0.05) is 39.1 Å². The van der Waals surface area contributed by atoms with E-state index < -0.39 is 11.8 Å². The van der Waals surface area contributed by atoms with E-state index in [-0.39, 0.29) is 29.6 Å². The summed E-state index contributed by atoms with van der Waals surface area (Å²) in [5, 5.41) is 10.5. The quantitative estimate of drug-likeness (QED) is 0.348. The van der Waals surface area contributed by atoms with Crippen LogP contribution in [0.3, 0.4) is 0 Å². The Hall–Kier alpha value is -3.55. The number of carbonyl (C=O) groups is 3. The van der Waals surface area contributed by atoms with Gasteiger partial charge in [0.2, 0.25) is 11.8 Å². The van der Waals surface area contributed by atoms with Crippen LogP contribution >= 0.6 is 23.2 Å². The first-order chi connectivity index (χ1) is 16.4. The predicted molar refractivity (Wildman–Crippen MR) is 136 cm³/mol. The molecule has 0 spiro atoms. The summed E-state index contributed by atoms with van der Waals surface area (Å²) in [6, 6.07) is 18.3. The van der Waals surface area contributed by atoms with Gasteiger partial charge in [-0.1, -0.05) is 41.4 Å². The Morgan fingerprint density at radius 2 is 1.56 bits per heavy atom. The number of hydrogen-bond acceptors (Lipinski definition) is 3. The number of hydrogen-bond donors (Lipinski definition) is 3. The molecule has 3 amide bonds. The van der Waals surface area contributed by atoms with Crippen molar-refractivity contribution in [2.45, 2.75) is 13.5 Å². The molecule has 0 saturated heterocycles. The third kappa shape index (κ3) is 5.00. The van der Waals surface area contributed by atoms with E-state index in [1.165, 1.54) is 18.2 Å². The fourth-order valence-electron chi connectivity index (χ4n) is 3.85. The van der Waals surface area contributed by atoms with Crippen LogP contribution in [0.2, 0.25) is 10.0 Å². The Labute approximate surface area is 206 Å². The van der Waals surface area contributed by atoms with Crippen molar-refractivity contribution in [2.75, 3.05) is 18.4 Å². The number of amides is 3. The highest BCUT2D eigenvalue weighted by Crippen LogP contribution is 2.31. The molecule has 34 heavy (non-hydrogen) atoms. The largest absolute Gasteiger partial charge is 0.345 e. The topological polar surface area (TPSA) is 92.2 Å². The Balaban J connectivity index is 1.33. The number of fused-ring (bicyclic) bond motifs is 3. The summed E-state index contributed by atoms with van der Waals surface area (Å²) >= 11 is 11.8. The second-order valence-electron chi connectivity index (χ2n) is 7.63. The predicted octanol–water partition coefficient (Wildman–Crippen LogP) is 4.61. The van der Waals surface area contributed by atoms with Crippen LogP contribution in [0.5, 0.6) is 0 Å². The van der Waals surface area contributed by atoms with Gasteiger partial charge in [0.05, 0.1) is 23.7 Å². The first-order valence-corrected chi connectivity index (χ1v) is 11.4. The van der Waals surface area contributed by atoms with E-state index in [1.807, 2.05) is 30.3 Å². The van der Waals surface area contributed by atoms with Crippen LogP contribution in [-0.4, -0.2) is 35.4 Å². The van der Waals surface area contributed by atoms with E-state index in [2.05, 4.69) is 39.6 Å². The molecular weight excluding hydrogens is 475 g/mol. The average Bonchev–Trinajstić information content (AvgIpc) is 3.14. The van der Waals surface area contributed by atoms with E-state index in [9.17, 15) is 14.4 Å². The van der Waals surface area contributed by atoms with Gasteiger partial charge >= 0.3 is 0 Å². The first-order valence-electron chi connectivity index (χ1n) is 10.7. The summed E-state index contributed by atoms with van der Waals surface area (Å²) in [6.45, 7) is 2.40. The monoisotopic (exact) mass is 496 g/mol. The summed E-state index contributed by atoms with van der Waals surface area (Å²) in [7, 11) is 0. The third-order valence-electron chi connectivity index (χ3n) is 5.40. The van der Waals surface area contributed by atoms with Crippen molar-refractivity contribution < 1.29 is 14.4 Å². The van der Waals surface area contributed by atoms with Crippen LogP contribution in [0.1, 0.15) is 17.3 Å². The van der Waals surface area contributed by atoms with Gasteiger partial charge in [-0.25, -0.2) is 0 Å². The number of aryl methyl sites for hydroxylation is 1. The van der Waals surface area contributed by atoms with E-state index in [0.717, 1.165) is 28.4 Å². The molecule has 7 nitrogen and oxygen atoms in total. The van der Waals surface area contributed by atoms with Crippen LogP contribution in [-0.2, 0) is 16.1 Å². The zero-order valence-corrected chi connectivity index (χ0v) is 19.8. The molecule has 4 rings (SSSR count). The highest BCUT2D eigenvalue weighted by Gasteiger charge is 2.14. The molecule has 0 aliphatic rings. The van der Waals surface area contributed by atoms with E-state index in [0.29, 0.717) is 10.7 Å².